The normalized spacial score (nSPS) is 16.7. The van der Waals surface area contributed by atoms with E-state index >= 15 is 0 Å². The average Bonchev–Trinajstić information content (AvgIpc) is 2.40. The zero-order valence-electron chi connectivity index (χ0n) is 11.6. The molecule has 1 aliphatic rings. The van der Waals surface area contributed by atoms with Crippen molar-refractivity contribution in [3.63, 3.8) is 0 Å². The van der Waals surface area contributed by atoms with E-state index in [1.54, 1.807) is 6.33 Å². The molecule has 0 aliphatic heterocycles. The van der Waals surface area contributed by atoms with Gasteiger partial charge >= 0.3 is 0 Å². The second-order valence-electron chi connectivity index (χ2n) is 5.52. The number of ketones is 1. The maximum atomic E-state index is 11.2. The third-order valence-electron chi connectivity index (χ3n) is 3.25. The zero-order valence-corrected chi connectivity index (χ0v) is 11.6. The Hall–Kier alpha value is -1.65. The first kappa shape index (κ1) is 13.8. The van der Waals surface area contributed by atoms with Crippen molar-refractivity contribution in [3.05, 3.63) is 12.4 Å². The molecule has 0 radical (unpaired) electrons. The second kappa shape index (κ2) is 6.50. The van der Waals surface area contributed by atoms with E-state index in [1.165, 1.54) is 0 Å². The number of nitrogens with zero attached hydrogens (tertiary/aromatic N) is 2. The van der Waals surface area contributed by atoms with Gasteiger partial charge in [0.15, 0.2) is 0 Å². The molecule has 0 unspecified atom stereocenters. The maximum absolute atomic E-state index is 11.2. The van der Waals surface area contributed by atoms with Gasteiger partial charge in [-0.15, -0.1) is 0 Å². The van der Waals surface area contributed by atoms with Crippen molar-refractivity contribution >= 4 is 17.4 Å². The van der Waals surface area contributed by atoms with Crippen LogP contribution < -0.4 is 10.6 Å². The fourth-order valence-electron chi connectivity index (χ4n) is 2.13. The van der Waals surface area contributed by atoms with Gasteiger partial charge in [0, 0.05) is 31.5 Å². The molecule has 0 spiro atoms. The van der Waals surface area contributed by atoms with E-state index in [0.29, 0.717) is 30.6 Å². The van der Waals surface area contributed by atoms with Crippen LogP contribution in [0.4, 0.5) is 11.6 Å². The topological polar surface area (TPSA) is 66.9 Å². The van der Waals surface area contributed by atoms with E-state index in [9.17, 15) is 4.79 Å². The van der Waals surface area contributed by atoms with Crippen LogP contribution in [0.15, 0.2) is 12.4 Å². The molecule has 5 nitrogen and oxygen atoms in total. The SMILES string of the molecule is CC(C)CNc1cc(NC2CCC(=O)CC2)ncn1. The number of rotatable bonds is 5. The summed E-state index contributed by atoms with van der Waals surface area (Å²) in [5, 5.41) is 6.67. The predicted octanol–water partition coefficient (Wildman–Crippen LogP) is 2.47. The van der Waals surface area contributed by atoms with Crippen LogP contribution in [0.25, 0.3) is 0 Å². The Labute approximate surface area is 114 Å². The number of Topliss-reactive ketones (excluding diaryl/α,β-unsaturated/α-hetero) is 1. The molecule has 5 heteroatoms. The van der Waals surface area contributed by atoms with Gasteiger partial charge in [-0.05, 0) is 18.8 Å². The summed E-state index contributed by atoms with van der Waals surface area (Å²) in [5.74, 6) is 2.63. The molecule has 2 rings (SSSR count). The molecule has 1 fully saturated rings. The van der Waals surface area contributed by atoms with Gasteiger partial charge in [-0.25, -0.2) is 9.97 Å². The van der Waals surface area contributed by atoms with Gasteiger partial charge in [0.05, 0.1) is 0 Å². The van der Waals surface area contributed by atoms with Gasteiger partial charge < -0.3 is 10.6 Å². The van der Waals surface area contributed by atoms with Crippen molar-refractivity contribution in [2.75, 3.05) is 17.2 Å². The van der Waals surface area contributed by atoms with Crippen molar-refractivity contribution in [2.45, 2.75) is 45.6 Å². The number of anilines is 2. The van der Waals surface area contributed by atoms with Crippen LogP contribution in [0.1, 0.15) is 39.5 Å². The molecule has 1 aliphatic carbocycles. The van der Waals surface area contributed by atoms with Crippen LogP contribution in [0.5, 0.6) is 0 Å². The highest BCUT2D eigenvalue weighted by molar-refractivity contribution is 5.79. The highest BCUT2D eigenvalue weighted by atomic mass is 16.1. The van der Waals surface area contributed by atoms with Crippen LogP contribution in [0.2, 0.25) is 0 Å². The van der Waals surface area contributed by atoms with Crippen LogP contribution >= 0.6 is 0 Å². The lowest BCUT2D eigenvalue weighted by molar-refractivity contribution is -0.120. The molecule has 2 N–H and O–H groups in total. The van der Waals surface area contributed by atoms with Gasteiger partial charge in [0.1, 0.15) is 23.7 Å². The van der Waals surface area contributed by atoms with Gasteiger partial charge in [-0.2, -0.15) is 0 Å². The fourth-order valence-corrected chi connectivity index (χ4v) is 2.13. The van der Waals surface area contributed by atoms with Crippen molar-refractivity contribution in [1.29, 1.82) is 0 Å². The number of carbonyl (C=O) groups excluding carboxylic acids is 1. The Kier molecular flexibility index (Phi) is 4.71. The first-order chi connectivity index (χ1) is 9.13. The van der Waals surface area contributed by atoms with Crippen LogP contribution in [-0.2, 0) is 4.79 Å². The molecule has 1 aromatic rings. The van der Waals surface area contributed by atoms with E-state index in [1.807, 2.05) is 6.07 Å². The number of nitrogens with one attached hydrogen (secondary N) is 2. The summed E-state index contributed by atoms with van der Waals surface area (Å²) in [6, 6.07) is 2.28. The number of hydrogen-bond acceptors (Lipinski definition) is 5. The summed E-state index contributed by atoms with van der Waals surface area (Å²) in [7, 11) is 0. The van der Waals surface area contributed by atoms with Crippen LogP contribution in [0, 0.1) is 5.92 Å². The van der Waals surface area contributed by atoms with Crippen molar-refractivity contribution in [1.82, 2.24) is 9.97 Å². The Morgan fingerprint density at radius 2 is 1.95 bits per heavy atom. The number of carbonyl (C=O) groups is 1. The molecule has 0 atom stereocenters. The molecule has 19 heavy (non-hydrogen) atoms. The lowest BCUT2D eigenvalue weighted by Gasteiger charge is -2.22. The summed E-state index contributed by atoms with van der Waals surface area (Å²) in [5.41, 5.74) is 0. The first-order valence-electron chi connectivity index (χ1n) is 6.97. The van der Waals surface area contributed by atoms with Crippen LogP contribution in [0.3, 0.4) is 0 Å². The third kappa shape index (κ3) is 4.50. The smallest absolute Gasteiger partial charge is 0.133 e. The van der Waals surface area contributed by atoms with Gasteiger partial charge in [0.25, 0.3) is 0 Å². The van der Waals surface area contributed by atoms with Crippen molar-refractivity contribution in [3.8, 4) is 0 Å². The standard InChI is InChI=1S/C14H22N4O/c1-10(2)8-15-13-7-14(17-9-16-13)18-11-3-5-12(19)6-4-11/h7,9-11H,3-6,8H2,1-2H3,(H2,15,16,17,18). The van der Waals surface area contributed by atoms with Crippen molar-refractivity contribution < 1.29 is 4.79 Å². The lowest BCUT2D eigenvalue weighted by Crippen LogP contribution is -2.26. The van der Waals surface area contributed by atoms with E-state index in [2.05, 4.69) is 34.4 Å². The van der Waals surface area contributed by atoms with Gasteiger partial charge in [0.2, 0.25) is 0 Å². The number of hydrogen-bond donors (Lipinski definition) is 2. The Morgan fingerprint density at radius 3 is 2.63 bits per heavy atom. The largest absolute Gasteiger partial charge is 0.370 e. The minimum Gasteiger partial charge on any atom is -0.370 e. The fraction of sp³-hybridized carbons (Fsp3) is 0.643. The third-order valence-corrected chi connectivity index (χ3v) is 3.25. The van der Waals surface area contributed by atoms with Gasteiger partial charge in [-0.3, -0.25) is 4.79 Å². The first-order valence-corrected chi connectivity index (χ1v) is 6.97. The lowest BCUT2D eigenvalue weighted by atomic mass is 9.94. The Bertz CT molecular complexity index is 423. The predicted molar refractivity (Wildman–Crippen MR) is 76.2 cm³/mol. The van der Waals surface area contributed by atoms with Crippen LogP contribution in [-0.4, -0.2) is 28.3 Å². The monoisotopic (exact) mass is 262 g/mol. The molecule has 0 saturated heterocycles. The molecule has 0 aromatic carbocycles. The summed E-state index contributed by atoms with van der Waals surface area (Å²) in [6.07, 6.45) is 4.73. The van der Waals surface area contributed by atoms with Gasteiger partial charge in [-0.1, -0.05) is 13.8 Å². The highest BCUT2D eigenvalue weighted by Gasteiger charge is 2.18. The van der Waals surface area contributed by atoms with E-state index in [0.717, 1.165) is 31.0 Å². The highest BCUT2D eigenvalue weighted by Crippen LogP contribution is 2.19. The maximum Gasteiger partial charge on any atom is 0.133 e. The second-order valence-corrected chi connectivity index (χ2v) is 5.52. The van der Waals surface area contributed by atoms with E-state index in [-0.39, 0.29) is 0 Å². The average molecular weight is 262 g/mol. The molecule has 0 amide bonds. The molecule has 0 bridgehead atoms. The Balaban J connectivity index is 1.89. The zero-order chi connectivity index (χ0) is 13.7. The summed E-state index contributed by atoms with van der Waals surface area (Å²) >= 11 is 0. The molecule has 1 saturated carbocycles. The molecule has 104 valence electrons. The van der Waals surface area contributed by atoms with E-state index in [4.69, 9.17) is 0 Å². The molecular weight excluding hydrogens is 240 g/mol. The summed E-state index contributed by atoms with van der Waals surface area (Å²) < 4.78 is 0. The molecule has 1 aromatic heterocycles. The minimum atomic E-state index is 0.352. The summed E-state index contributed by atoms with van der Waals surface area (Å²) in [4.78, 5) is 19.6. The number of aromatic nitrogens is 2. The quantitative estimate of drug-likeness (QED) is 0.853. The minimum absolute atomic E-state index is 0.352. The molecular formula is C14H22N4O. The Morgan fingerprint density at radius 1 is 1.26 bits per heavy atom. The van der Waals surface area contributed by atoms with Crippen molar-refractivity contribution in [2.24, 2.45) is 5.92 Å². The summed E-state index contributed by atoms with van der Waals surface area (Å²) in [6.45, 7) is 5.22. The molecule has 1 heterocycles. The van der Waals surface area contributed by atoms with E-state index < -0.39 is 0 Å².